The first-order valence-electron chi connectivity index (χ1n) is 9.18. The number of urea groups is 1. The number of anilines is 1. The van der Waals surface area contributed by atoms with Gasteiger partial charge in [-0.25, -0.2) is 14.5 Å². The summed E-state index contributed by atoms with van der Waals surface area (Å²) in [7, 11) is 1.27. The third-order valence-electron chi connectivity index (χ3n) is 4.41. The molecule has 2 aromatic rings. The van der Waals surface area contributed by atoms with E-state index in [1.807, 2.05) is 42.5 Å². The lowest BCUT2D eigenvalue weighted by atomic mass is 10.1. The van der Waals surface area contributed by atoms with Crippen LogP contribution in [0.1, 0.15) is 16.7 Å². The molecule has 1 aliphatic heterocycles. The highest BCUT2D eigenvalue weighted by Gasteiger charge is 2.37. The Kier molecular flexibility index (Phi) is 6.74. The summed E-state index contributed by atoms with van der Waals surface area (Å²) in [5, 5.41) is 2.21. The quantitative estimate of drug-likeness (QED) is 0.274. The molecular weight excluding hydrogens is 515 g/mol. The molecule has 4 amide bonds. The molecular formula is C22H19IN2O6. The van der Waals surface area contributed by atoms with E-state index in [2.05, 4.69) is 10.1 Å². The van der Waals surface area contributed by atoms with Crippen LogP contribution < -0.4 is 15.0 Å². The van der Waals surface area contributed by atoms with Crippen molar-refractivity contribution in [2.24, 2.45) is 0 Å². The van der Waals surface area contributed by atoms with E-state index in [0.717, 1.165) is 16.0 Å². The van der Waals surface area contributed by atoms with E-state index < -0.39 is 23.8 Å². The Hall–Kier alpha value is -3.21. The van der Waals surface area contributed by atoms with Crippen molar-refractivity contribution in [3.8, 4) is 5.75 Å². The number of carbonyl (C=O) groups excluding carboxylic acids is 4. The predicted octanol–water partition coefficient (Wildman–Crippen LogP) is 3.13. The highest BCUT2D eigenvalue weighted by atomic mass is 127. The number of nitrogens with one attached hydrogen (secondary N) is 1. The topological polar surface area (TPSA) is 102 Å². The number of rotatable bonds is 5. The Balaban J connectivity index is 1.91. The maximum absolute atomic E-state index is 13.0. The number of imide groups is 2. The highest BCUT2D eigenvalue weighted by molar-refractivity contribution is 14.1. The zero-order valence-corrected chi connectivity index (χ0v) is 19.2. The molecule has 0 aromatic heterocycles. The van der Waals surface area contributed by atoms with Gasteiger partial charge in [0.1, 0.15) is 11.3 Å². The summed E-state index contributed by atoms with van der Waals surface area (Å²) in [6, 6.07) is 9.48. The van der Waals surface area contributed by atoms with Crippen molar-refractivity contribution in [2.75, 3.05) is 18.6 Å². The summed E-state index contributed by atoms with van der Waals surface area (Å²) < 4.78 is 10.6. The lowest BCUT2D eigenvalue weighted by molar-refractivity contribution is -0.143. The Labute approximate surface area is 192 Å². The summed E-state index contributed by atoms with van der Waals surface area (Å²) in [6.07, 6.45) is 1.41. The zero-order chi connectivity index (χ0) is 22.7. The molecule has 0 spiro atoms. The van der Waals surface area contributed by atoms with Gasteiger partial charge in [0.15, 0.2) is 6.61 Å². The van der Waals surface area contributed by atoms with Crippen LogP contribution in [0.3, 0.4) is 0 Å². The molecule has 1 saturated heterocycles. The van der Waals surface area contributed by atoms with Crippen molar-refractivity contribution in [3.63, 3.8) is 0 Å². The van der Waals surface area contributed by atoms with Crippen LogP contribution in [0.25, 0.3) is 6.08 Å². The highest BCUT2D eigenvalue weighted by Crippen LogP contribution is 2.26. The first-order chi connectivity index (χ1) is 14.7. The number of aryl methyl sites for hydroxylation is 2. The van der Waals surface area contributed by atoms with Gasteiger partial charge in [-0.1, -0.05) is 12.1 Å². The van der Waals surface area contributed by atoms with Gasteiger partial charge in [-0.2, -0.15) is 0 Å². The van der Waals surface area contributed by atoms with Crippen LogP contribution in [0.4, 0.5) is 10.5 Å². The third kappa shape index (κ3) is 5.10. The van der Waals surface area contributed by atoms with Crippen molar-refractivity contribution in [1.82, 2.24) is 5.32 Å². The van der Waals surface area contributed by atoms with E-state index in [-0.39, 0.29) is 12.2 Å². The van der Waals surface area contributed by atoms with E-state index in [4.69, 9.17) is 4.74 Å². The normalized spacial score (nSPS) is 15.2. The number of hydrogen-bond acceptors (Lipinski definition) is 6. The van der Waals surface area contributed by atoms with Crippen LogP contribution in [0.5, 0.6) is 5.75 Å². The summed E-state index contributed by atoms with van der Waals surface area (Å²) in [6.45, 7) is 3.48. The fourth-order valence-corrected chi connectivity index (χ4v) is 3.75. The Morgan fingerprint density at radius 2 is 1.77 bits per heavy atom. The van der Waals surface area contributed by atoms with Crippen molar-refractivity contribution in [2.45, 2.75) is 13.8 Å². The standard InChI is InChI=1S/C22H19IN2O6/c1-12-6-13(2)8-15(7-12)25-21(28)16(20(27)24-22(25)29)9-14-4-5-18(17(23)10-14)31-11-19(26)30-3/h4-10H,11H2,1-3H3,(H,24,27,29)/b16-9+. The molecule has 0 radical (unpaired) electrons. The van der Waals surface area contributed by atoms with Gasteiger partial charge in [0.05, 0.1) is 16.4 Å². The number of nitrogens with zero attached hydrogens (tertiary/aromatic N) is 1. The van der Waals surface area contributed by atoms with E-state index >= 15 is 0 Å². The van der Waals surface area contributed by atoms with Crippen LogP contribution in [0, 0.1) is 17.4 Å². The molecule has 0 saturated carbocycles. The minimum atomic E-state index is -0.793. The second-order valence-corrected chi connectivity index (χ2v) is 8.02. The van der Waals surface area contributed by atoms with Crippen LogP contribution in [0.15, 0.2) is 42.0 Å². The minimum absolute atomic E-state index is 0.169. The number of barbiturate groups is 1. The van der Waals surface area contributed by atoms with Crippen molar-refractivity contribution in [1.29, 1.82) is 0 Å². The fourth-order valence-electron chi connectivity index (χ4n) is 3.06. The first kappa shape index (κ1) is 22.5. The lowest BCUT2D eigenvalue weighted by Gasteiger charge is -2.27. The molecule has 9 heteroatoms. The van der Waals surface area contributed by atoms with Gasteiger partial charge in [0.2, 0.25) is 0 Å². The average Bonchev–Trinajstić information content (AvgIpc) is 2.69. The molecule has 0 aliphatic carbocycles. The number of ether oxygens (including phenoxy) is 2. The van der Waals surface area contributed by atoms with Gasteiger partial charge >= 0.3 is 12.0 Å². The number of esters is 1. The lowest BCUT2D eigenvalue weighted by Crippen LogP contribution is -2.54. The smallest absolute Gasteiger partial charge is 0.343 e. The van der Waals surface area contributed by atoms with Crippen LogP contribution >= 0.6 is 22.6 Å². The monoisotopic (exact) mass is 534 g/mol. The van der Waals surface area contributed by atoms with Crippen molar-refractivity contribution < 1.29 is 28.7 Å². The second kappa shape index (κ2) is 9.29. The molecule has 31 heavy (non-hydrogen) atoms. The number of benzene rings is 2. The van der Waals surface area contributed by atoms with Crippen LogP contribution in [-0.4, -0.2) is 37.5 Å². The van der Waals surface area contributed by atoms with Crippen molar-refractivity contribution in [3.05, 3.63) is 62.2 Å². The molecule has 0 bridgehead atoms. The SMILES string of the molecule is COC(=O)COc1ccc(/C=C2\C(=O)NC(=O)N(c3cc(C)cc(C)c3)C2=O)cc1I. The molecule has 3 rings (SSSR count). The van der Waals surface area contributed by atoms with Gasteiger partial charge in [0, 0.05) is 0 Å². The molecule has 0 atom stereocenters. The van der Waals surface area contributed by atoms with Gasteiger partial charge in [-0.05, 0) is 83.5 Å². The van der Waals surface area contributed by atoms with E-state index in [0.29, 0.717) is 20.6 Å². The third-order valence-corrected chi connectivity index (χ3v) is 5.25. The average molecular weight is 534 g/mol. The molecule has 1 fully saturated rings. The fraction of sp³-hybridized carbons (Fsp3) is 0.182. The maximum Gasteiger partial charge on any atom is 0.343 e. The predicted molar refractivity (Wildman–Crippen MR) is 122 cm³/mol. The summed E-state index contributed by atoms with van der Waals surface area (Å²) in [5.74, 6) is -1.53. The molecule has 0 unspecified atom stereocenters. The van der Waals surface area contributed by atoms with Gasteiger partial charge in [-0.3, -0.25) is 14.9 Å². The van der Waals surface area contributed by atoms with Crippen LogP contribution in [-0.2, 0) is 19.1 Å². The summed E-state index contributed by atoms with van der Waals surface area (Å²) >= 11 is 2.02. The van der Waals surface area contributed by atoms with Crippen LogP contribution in [0.2, 0.25) is 0 Å². The number of halogens is 1. The second-order valence-electron chi connectivity index (χ2n) is 6.86. The van der Waals surface area contributed by atoms with Crippen molar-refractivity contribution >= 4 is 58.2 Å². The number of methoxy groups -OCH3 is 1. The molecule has 160 valence electrons. The molecule has 1 N–H and O–H groups in total. The largest absolute Gasteiger partial charge is 0.481 e. The van der Waals surface area contributed by atoms with Gasteiger partial charge < -0.3 is 9.47 Å². The number of amides is 4. The molecule has 1 heterocycles. The van der Waals surface area contributed by atoms with E-state index in [9.17, 15) is 19.2 Å². The Morgan fingerprint density at radius 3 is 2.39 bits per heavy atom. The Bertz CT molecular complexity index is 1100. The van der Waals surface area contributed by atoms with E-state index in [1.165, 1.54) is 13.2 Å². The van der Waals surface area contributed by atoms with Gasteiger partial charge in [-0.15, -0.1) is 0 Å². The number of carbonyl (C=O) groups is 4. The summed E-state index contributed by atoms with van der Waals surface area (Å²) in [5.41, 5.74) is 2.55. The molecule has 8 nitrogen and oxygen atoms in total. The summed E-state index contributed by atoms with van der Waals surface area (Å²) in [4.78, 5) is 50.0. The molecule has 1 aliphatic rings. The first-order valence-corrected chi connectivity index (χ1v) is 10.3. The zero-order valence-electron chi connectivity index (χ0n) is 17.0. The maximum atomic E-state index is 13.0. The number of hydrogen-bond donors (Lipinski definition) is 1. The molecule has 2 aromatic carbocycles. The van der Waals surface area contributed by atoms with E-state index in [1.54, 1.807) is 30.3 Å². The minimum Gasteiger partial charge on any atom is -0.481 e. The van der Waals surface area contributed by atoms with Gasteiger partial charge in [0.25, 0.3) is 11.8 Å². The Morgan fingerprint density at radius 1 is 1.10 bits per heavy atom.